The Hall–Kier alpha value is -1.47. The number of carboxylic acid groups (broad SMARTS) is 2. The van der Waals surface area contributed by atoms with E-state index < -0.39 is 17.6 Å². The fourth-order valence-electron chi connectivity index (χ4n) is 0.915. The molecule has 0 aliphatic carbocycles. The molecule has 1 rings (SSSR count). The van der Waals surface area contributed by atoms with Crippen LogP contribution in [0.4, 0.5) is 0 Å². The molecule has 100 valence electrons. The lowest BCUT2D eigenvalue weighted by atomic mass is 10.1. The Morgan fingerprint density at radius 1 is 1.28 bits per heavy atom. The number of aromatic nitrogens is 1. The average Bonchev–Trinajstić information content (AvgIpc) is 2.27. The van der Waals surface area contributed by atoms with Crippen molar-refractivity contribution in [1.29, 1.82) is 0 Å². The van der Waals surface area contributed by atoms with Gasteiger partial charge in [0.1, 0.15) is 0 Å². The first-order valence-electron chi connectivity index (χ1n) is 4.92. The summed E-state index contributed by atoms with van der Waals surface area (Å²) in [5.41, 5.74) is -0.121. The number of hydrogen-bond donors (Lipinski definition) is 2. The van der Waals surface area contributed by atoms with Crippen molar-refractivity contribution in [3.05, 3.63) is 29.1 Å². The van der Waals surface area contributed by atoms with Crippen LogP contribution >= 0.6 is 15.9 Å². The highest BCUT2D eigenvalue weighted by atomic mass is 79.9. The van der Waals surface area contributed by atoms with Gasteiger partial charge in [0.2, 0.25) is 0 Å². The SMILES string of the molecule is CN(C)C.O=C(O)c1cc(CBr)cnc1C(=O)O. The maximum atomic E-state index is 10.7. The van der Waals surface area contributed by atoms with Crippen LogP contribution in [-0.4, -0.2) is 53.2 Å². The molecule has 0 unspecified atom stereocenters. The Kier molecular flexibility index (Phi) is 7.14. The summed E-state index contributed by atoms with van der Waals surface area (Å²) in [5, 5.41) is 17.8. The zero-order valence-electron chi connectivity index (χ0n) is 10.3. The molecular weight excluding hydrogens is 304 g/mol. The number of carbonyl (C=O) groups is 2. The Labute approximate surface area is 113 Å². The van der Waals surface area contributed by atoms with E-state index in [1.807, 2.05) is 26.0 Å². The molecule has 7 heteroatoms. The molecule has 18 heavy (non-hydrogen) atoms. The van der Waals surface area contributed by atoms with Gasteiger partial charge in [0.05, 0.1) is 5.56 Å². The van der Waals surface area contributed by atoms with Crippen LogP contribution in [0.25, 0.3) is 0 Å². The fraction of sp³-hybridized carbons (Fsp3) is 0.364. The Balaban J connectivity index is 0.000000631. The van der Waals surface area contributed by atoms with Crippen molar-refractivity contribution in [2.45, 2.75) is 5.33 Å². The minimum absolute atomic E-state index is 0.297. The van der Waals surface area contributed by atoms with Gasteiger partial charge in [-0.25, -0.2) is 14.6 Å². The van der Waals surface area contributed by atoms with Crippen LogP contribution in [0.5, 0.6) is 0 Å². The molecule has 1 heterocycles. The van der Waals surface area contributed by atoms with Crippen molar-refractivity contribution < 1.29 is 19.8 Å². The molecule has 0 aliphatic heterocycles. The van der Waals surface area contributed by atoms with Crippen LogP contribution in [-0.2, 0) is 5.33 Å². The second-order valence-electron chi connectivity index (χ2n) is 3.83. The number of pyridine rings is 1. The topological polar surface area (TPSA) is 90.7 Å². The third-order valence-corrected chi connectivity index (χ3v) is 2.18. The molecule has 0 atom stereocenters. The van der Waals surface area contributed by atoms with Gasteiger partial charge in [0, 0.05) is 11.5 Å². The van der Waals surface area contributed by atoms with E-state index in [0.717, 1.165) is 0 Å². The average molecular weight is 319 g/mol. The summed E-state index contributed by atoms with van der Waals surface area (Å²) in [6, 6.07) is 1.29. The molecule has 1 aromatic heterocycles. The summed E-state index contributed by atoms with van der Waals surface area (Å²) in [6.07, 6.45) is 1.32. The van der Waals surface area contributed by atoms with Crippen molar-refractivity contribution >= 4 is 27.9 Å². The highest BCUT2D eigenvalue weighted by Crippen LogP contribution is 2.11. The molecule has 0 aliphatic rings. The third-order valence-electron chi connectivity index (χ3n) is 1.53. The van der Waals surface area contributed by atoms with E-state index in [2.05, 4.69) is 20.9 Å². The maximum absolute atomic E-state index is 10.7. The molecule has 1 aromatic rings. The molecule has 0 amide bonds. The summed E-state index contributed by atoms with van der Waals surface area (Å²) < 4.78 is 0. The number of alkyl halides is 1. The number of nitrogens with zero attached hydrogens (tertiary/aromatic N) is 2. The van der Waals surface area contributed by atoms with Crippen LogP contribution in [0.1, 0.15) is 26.4 Å². The van der Waals surface area contributed by atoms with Gasteiger partial charge in [-0.3, -0.25) is 0 Å². The zero-order valence-corrected chi connectivity index (χ0v) is 11.9. The zero-order chi connectivity index (χ0) is 14.3. The lowest BCUT2D eigenvalue weighted by Gasteiger charge is -2.01. The van der Waals surface area contributed by atoms with Crippen LogP contribution in [0, 0.1) is 0 Å². The van der Waals surface area contributed by atoms with E-state index in [9.17, 15) is 9.59 Å². The first-order chi connectivity index (χ1) is 8.29. The molecule has 0 aromatic carbocycles. The summed E-state index contributed by atoms with van der Waals surface area (Å²) in [7, 11) is 6.00. The van der Waals surface area contributed by atoms with Crippen LogP contribution in [0.2, 0.25) is 0 Å². The second kappa shape index (κ2) is 7.78. The van der Waals surface area contributed by atoms with Gasteiger partial charge in [0.15, 0.2) is 5.69 Å². The molecule has 0 saturated heterocycles. The Morgan fingerprint density at radius 3 is 2.11 bits per heavy atom. The summed E-state index contributed by atoms with van der Waals surface area (Å²) in [6.45, 7) is 0. The van der Waals surface area contributed by atoms with Crippen molar-refractivity contribution in [3.63, 3.8) is 0 Å². The van der Waals surface area contributed by atoms with Crippen molar-refractivity contribution in [2.24, 2.45) is 0 Å². The fourth-order valence-corrected chi connectivity index (χ4v) is 1.22. The molecule has 0 radical (unpaired) electrons. The van der Waals surface area contributed by atoms with Gasteiger partial charge in [0.25, 0.3) is 0 Å². The van der Waals surface area contributed by atoms with Gasteiger partial charge < -0.3 is 15.1 Å². The van der Waals surface area contributed by atoms with E-state index in [0.29, 0.717) is 10.9 Å². The van der Waals surface area contributed by atoms with Crippen LogP contribution in [0.3, 0.4) is 0 Å². The first kappa shape index (κ1) is 16.5. The molecule has 2 N–H and O–H groups in total. The van der Waals surface area contributed by atoms with Crippen LogP contribution < -0.4 is 0 Å². The van der Waals surface area contributed by atoms with Crippen molar-refractivity contribution in [1.82, 2.24) is 9.88 Å². The second-order valence-corrected chi connectivity index (χ2v) is 4.39. The number of halogens is 1. The normalized spacial score (nSPS) is 9.61. The maximum Gasteiger partial charge on any atom is 0.355 e. The molecule has 0 spiro atoms. The lowest BCUT2D eigenvalue weighted by molar-refractivity contribution is 0.0646. The van der Waals surface area contributed by atoms with E-state index >= 15 is 0 Å². The quantitative estimate of drug-likeness (QED) is 0.822. The van der Waals surface area contributed by atoms with E-state index in [4.69, 9.17) is 10.2 Å². The predicted octanol–water partition coefficient (Wildman–Crippen LogP) is 1.55. The number of hydrogen-bond acceptors (Lipinski definition) is 4. The first-order valence-corrected chi connectivity index (χ1v) is 6.04. The predicted molar refractivity (Wildman–Crippen MR) is 70.4 cm³/mol. The van der Waals surface area contributed by atoms with Crippen LogP contribution in [0.15, 0.2) is 12.3 Å². The van der Waals surface area contributed by atoms with E-state index in [-0.39, 0.29) is 5.56 Å². The van der Waals surface area contributed by atoms with Gasteiger partial charge in [-0.1, -0.05) is 15.9 Å². The van der Waals surface area contributed by atoms with Gasteiger partial charge in [-0.2, -0.15) is 0 Å². The number of rotatable bonds is 3. The Bertz CT molecular complexity index is 432. The van der Waals surface area contributed by atoms with E-state index in [1.165, 1.54) is 12.3 Å². The third kappa shape index (κ3) is 5.74. The summed E-state index contributed by atoms with van der Waals surface area (Å²) in [4.78, 5) is 26.8. The van der Waals surface area contributed by atoms with Gasteiger partial charge in [-0.05, 0) is 32.8 Å². The minimum Gasteiger partial charge on any atom is -0.478 e. The minimum atomic E-state index is -1.34. The van der Waals surface area contributed by atoms with Crippen molar-refractivity contribution in [2.75, 3.05) is 21.1 Å². The highest BCUT2D eigenvalue weighted by Gasteiger charge is 2.17. The molecule has 0 saturated carbocycles. The van der Waals surface area contributed by atoms with Crippen molar-refractivity contribution in [3.8, 4) is 0 Å². The Morgan fingerprint density at radius 2 is 1.78 bits per heavy atom. The van der Waals surface area contributed by atoms with Gasteiger partial charge in [-0.15, -0.1) is 0 Å². The molecule has 0 fully saturated rings. The molecule has 6 nitrogen and oxygen atoms in total. The largest absolute Gasteiger partial charge is 0.478 e. The highest BCUT2D eigenvalue weighted by molar-refractivity contribution is 9.08. The monoisotopic (exact) mass is 318 g/mol. The number of aromatic carboxylic acids is 2. The van der Waals surface area contributed by atoms with E-state index in [1.54, 1.807) is 0 Å². The standard InChI is InChI=1S/C8H6BrNO4.C3H9N/c9-2-4-1-5(7(11)12)6(8(13)14)10-3-4;1-4(2)3/h1,3H,2H2,(H,11,12)(H,13,14);1-3H3. The van der Waals surface area contributed by atoms with Gasteiger partial charge >= 0.3 is 11.9 Å². The summed E-state index contributed by atoms with van der Waals surface area (Å²) in [5.74, 6) is -2.64. The molecular formula is C11H15BrN2O4. The smallest absolute Gasteiger partial charge is 0.355 e. The lowest BCUT2D eigenvalue weighted by Crippen LogP contribution is -2.10. The number of carboxylic acids is 2. The molecule has 0 bridgehead atoms. The summed E-state index contributed by atoms with van der Waals surface area (Å²) >= 11 is 3.12.